The van der Waals surface area contributed by atoms with Crippen LogP contribution in [0.25, 0.3) is 0 Å². The maximum Gasteiger partial charge on any atom is 0.197 e. The topological polar surface area (TPSA) is 55.8 Å². The molecule has 0 saturated heterocycles. The Morgan fingerprint density at radius 2 is 0.857 bits per heavy atom. The van der Waals surface area contributed by atoms with Crippen molar-refractivity contribution in [2.24, 2.45) is 0 Å². The lowest BCUT2D eigenvalue weighted by Gasteiger charge is -2.23. The molecule has 0 fully saturated rings. The summed E-state index contributed by atoms with van der Waals surface area (Å²) in [6.45, 7) is 32.9. The molecule has 0 unspecified atom stereocenters. The Labute approximate surface area is 269 Å². The maximum absolute atomic E-state index is 10.9. The van der Waals surface area contributed by atoms with Gasteiger partial charge in [-0.25, -0.2) is 0 Å². The third kappa shape index (κ3) is 97.6. The molecule has 0 aliphatic rings. The van der Waals surface area contributed by atoms with E-state index < -0.39 is 14.7 Å². The summed E-state index contributed by atoms with van der Waals surface area (Å²) in [6, 6.07) is 0. The maximum atomic E-state index is 10.9. The molecule has 6 nitrogen and oxygen atoms in total. The van der Waals surface area contributed by atoms with Crippen molar-refractivity contribution in [2.45, 2.75) is 90.5 Å². The highest BCUT2D eigenvalue weighted by molar-refractivity contribution is 7.57. The molecule has 0 aromatic rings. The first-order chi connectivity index (χ1) is 16.4. The van der Waals surface area contributed by atoms with Gasteiger partial charge in [0.1, 0.15) is 0 Å². The average molecular weight is 646 g/mol. The summed E-state index contributed by atoms with van der Waals surface area (Å²) in [6.07, 6.45) is 3.86. The second-order valence-corrected chi connectivity index (χ2v) is 17.3. The van der Waals surface area contributed by atoms with Crippen molar-refractivity contribution in [3.63, 3.8) is 0 Å². The number of nitrogens with zero attached hydrogens (tertiary/aromatic N) is 2. The zero-order valence-electron chi connectivity index (χ0n) is 26.9. The van der Waals surface area contributed by atoms with Crippen molar-refractivity contribution in [3.05, 3.63) is 48.6 Å². The largest absolute Gasteiger partial charge is 0.331 e. The van der Waals surface area contributed by atoms with Gasteiger partial charge in [-0.3, -0.25) is 9.13 Å². The minimum absolute atomic E-state index is 0. The highest BCUT2D eigenvalue weighted by Crippen LogP contribution is 2.37. The van der Waals surface area contributed by atoms with Crippen molar-refractivity contribution >= 4 is 14.7 Å². The second kappa shape index (κ2) is 34.7. The quantitative estimate of drug-likeness (QED) is 0.107. The molecule has 0 radical (unpaired) electrons. The van der Waals surface area contributed by atoms with E-state index in [0.717, 1.165) is 47.9 Å². The first kappa shape index (κ1) is 64.3. The van der Waals surface area contributed by atoms with Crippen molar-refractivity contribution in [3.8, 4) is 0 Å². The van der Waals surface area contributed by atoms with E-state index in [1.807, 2.05) is 13.8 Å². The van der Waals surface area contributed by atoms with Crippen LogP contribution in [-0.4, -0.2) is 97.6 Å². The second-order valence-electron chi connectivity index (χ2n) is 11.8. The summed E-state index contributed by atoms with van der Waals surface area (Å²) >= 11 is 0. The van der Waals surface area contributed by atoms with Crippen molar-refractivity contribution in [1.82, 2.24) is 4.90 Å². The molecule has 42 heavy (non-hydrogen) atoms. The zero-order chi connectivity index (χ0) is 30.5. The molecule has 0 aliphatic carbocycles. The third-order valence-electron chi connectivity index (χ3n) is 4.06. The SMILES string of the molecule is C.C.C.C.C.C=C(C)CCN(C)C.C=C(C)CCOP(C)(C)=O.C=C(C)CCOP(C)(C)=O.C=C(C)CC[N+](C)(C)C. The molecular weight excluding hydrogens is 562 g/mol. The summed E-state index contributed by atoms with van der Waals surface area (Å²) in [7, 11) is 6.21. The summed E-state index contributed by atoms with van der Waals surface area (Å²) in [4.78, 5) is 2.16. The van der Waals surface area contributed by atoms with Gasteiger partial charge in [0.15, 0.2) is 14.7 Å². The molecule has 0 bridgehead atoms. The van der Waals surface area contributed by atoms with Gasteiger partial charge in [-0.05, 0) is 61.1 Å². The van der Waals surface area contributed by atoms with Crippen LogP contribution in [0.4, 0.5) is 0 Å². The van der Waals surface area contributed by atoms with Crippen molar-refractivity contribution < 1.29 is 22.7 Å². The molecular formula is C34H83N2O4P2+. The number of hydrogen-bond donors (Lipinski definition) is 0. The Balaban J connectivity index is -0.0000000477. The van der Waals surface area contributed by atoms with Crippen LogP contribution in [0.15, 0.2) is 48.6 Å². The number of hydrogen-bond acceptors (Lipinski definition) is 5. The monoisotopic (exact) mass is 646 g/mol. The van der Waals surface area contributed by atoms with Crippen molar-refractivity contribution in [1.29, 1.82) is 0 Å². The van der Waals surface area contributed by atoms with Crippen LogP contribution in [0.5, 0.6) is 0 Å². The Bertz CT molecular complexity index is 705. The summed E-state index contributed by atoms with van der Waals surface area (Å²) in [5, 5.41) is 0. The standard InChI is InChI=1S/C8H18N.C7H15N.2C7H15O2P.5CH4/c1-8(2)6-7-9(3,4)5;1-7(2)5-6-8(3)4;2*1-7(2)5-6-9-10(3,4)8;;;;;/h1,6-7H2,2-5H3;1,5-6H2,2-4H3;2*1,5-6H2,2-4H3;5*1H4/q+1;;;;;;;;. The number of quaternary nitrogens is 1. The Morgan fingerprint density at radius 1 is 0.595 bits per heavy atom. The van der Waals surface area contributed by atoms with Crippen LogP contribution in [0, 0.1) is 0 Å². The molecule has 0 saturated carbocycles. The van der Waals surface area contributed by atoms with Gasteiger partial charge in [0.2, 0.25) is 0 Å². The molecule has 0 aromatic heterocycles. The van der Waals surface area contributed by atoms with Gasteiger partial charge in [0.25, 0.3) is 0 Å². The minimum atomic E-state index is -2.26. The van der Waals surface area contributed by atoms with E-state index in [2.05, 4.69) is 80.3 Å². The van der Waals surface area contributed by atoms with Gasteiger partial charge in [0.05, 0.1) is 40.9 Å². The van der Waals surface area contributed by atoms with Gasteiger partial charge < -0.3 is 18.4 Å². The molecule has 0 rings (SSSR count). The average Bonchev–Trinajstić information content (AvgIpc) is 2.63. The highest BCUT2D eigenvalue weighted by Gasteiger charge is 2.06. The Hall–Kier alpha value is -0.740. The van der Waals surface area contributed by atoms with E-state index in [1.54, 1.807) is 26.7 Å². The normalized spacial score (nSPS) is 9.86. The zero-order valence-corrected chi connectivity index (χ0v) is 28.7. The molecule has 0 amide bonds. The molecule has 0 heterocycles. The smallest absolute Gasteiger partial charge is 0.197 e. The van der Waals surface area contributed by atoms with Gasteiger partial charge in [-0.1, -0.05) is 66.0 Å². The Morgan fingerprint density at radius 3 is 0.976 bits per heavy atom. The fourth-order valence-corrected chi connectivity index (χ4v) is 2.88. The fraction of sp³-hybridized carbons (Fsp3) is 0.765. The molecule has 262 valence electrons. The van der Waals surface area contributed by atoms with Gasteiger partial charge in [-0.2, -0.15) is 0 Å². The third-order valence-corrected chi connectivity index (χ3v) is 5.67. The van der Waals surface area contributed by atoms with E-state index in [0.29, 0.717) is 13.2 Å². The molecule has 8 heteroatoms. The Kier molecular flexibility index (Phi) is 53.2. The highest BCUT2D eigenvalue weighted by atomic mass is 31.2. The summed E-state index contributed by atoms with van der Waals surface area (Å²) < 4.78 is 33.0. The molecule has 0 aromatic carbocycles. The lowest BCUT2D eigenvalue weighted by molar-refractivity contribution is -0.870. The lowest BCUT2D eigenvalue weighted by Crippen LogP contribution is -2.35. The van der Waals surface area contributed by atoms with E-state index in [9.17, 15) is 9.13 Å². The number of rotatable bonds is 14. The summed E-state index contributed by atoms with van der Waals surface area (Å²) in [5.41, 5.74) is 4.67. The molecule has 0 N–H and O–H groups in total. The lowest BCUT2D eigenvalue weighted by atomic mass is 10.2. The summed E-state index contributed by atoms with van der Waals surface area (Å²) in [5.74, 6) is 0. The van der Waals surface area contributed by atoms with E-state index in [-0.39, 0.29) is 37.1 Å². The van der Waals surface area contributed by atoms with Crippen LogP contribution in [0.2, 0.25) is 0 Å². The van der Waals surface area contributed by atoms with Crippen LogP contribution < -0.4 is 0 Å². The van der Waals surface area contributed by atoms with Crippen LogP contribution in [0.1, 0.15) is 90.5 Å². The van der Waals surface area contributed by atoms with E-state index in [1.165, 1.54) is 17.7 Å². The van der Waals surface area contributed by atoms with E-state index >= 15 is 0 Å². The van der Waals surface area contributed by atoms with Crippen LogP contribution in [-0.2, 0) is 18.2 Å². The first-order valence-electron chi connectivity index (χ1n) is 12.8. The van der Waals surface area contributed by atoms with Gasteiger partial charge in [-0.15, -0.1) is 19.7 Å². The predicted octanol–water partition coefficient (Wildman–Crippen LogP) is 11.4. The predicted molar refractivity (Wildman–Crippen MR) is 204 cm³/mol. The first-order valence-corrected chi connectivity index (χ1v) is 17.8. The van der Waals surface area contributed by atoms with Crippen LogP contribution >= 0.6 is 14.7 Å². The minimum Gasteiger partial charge on any atom is -0.331 e. The molecule has 0 aliphatic heterocycles. The molecule has 0 spiro atoms. The molecule has 0 atom stereocenters. The van der Waals surface area contributed by atoms with Crippen LogP contribution in [0.3, 0.4) is 0 Å². The van der Waals surface area contributed by atoms with Crippen molar-refractivity contribution in [2.75, 3.05) is 88.2 Å². The van der Waals surface area contributed by atoms with Gasteiger partial charge in [0, 0.05) is 39.6 Å². The van der Waals surface area contributed by atoms with Gasteiger partial charge >= 0.3 is 0 Å². The fourth-order valence-electron chi connectivity index (χ4n) is 1.82. The van der Waals surface area contributed by atoms with E-state index in [4.69, 9.17) is 9.05 Å².